The first kappa shape index (κ1) is 14.1. The van der Waals surface area contributed by atoms with Crippen molar-refractivity contribution in [3.8, 4) is 0 Å². The van der Waals surface area contributed by atoms with Crippen molar-refractivity contribution in [3.05, 3.63) is 20.8 Å². The molecule has 0 saturated carbocycles. The second kappa shape index (κ2) is 5.35. The van der Waals surface area contributed by atoms with Crippen LogP contribution in [-0.4, -0.2) is 18.9 Å². The first-order chi connectivity index (χ1) is 8.40. The number of hydrogen-bond acceptors (Lipinski definition) is 2. The fourth-order valence-electron chi connectivity index (χ4n) is 2.07. The number of alkyl halides is 4. The van der Waals surface area contributed by atoms with E-state index in [1.54, 1.807) is 6.07 Å². The first-order valence-electron chi connectivity index (χ1n) is 5.57. The molecule has 1 aromatic heterocycles. The van der Waals surface area contributed by atoms with Crippen molar-refractivity contribution in [2.45, 2.75) is 37.7 Å². The third-order valence-corrected chi connectivity index (χ3v) is 4.33. The van der Waals surface area contributed by atoms with E-state index in [1.807, 2.05) is 0 Å². The van der Waals surface area contributed by atoms with Crippen molar-refractivity contribution in [2.24, 2.45) is 0 Å². The molecule has 1 aliphatic carbocycles. The van der Waals surface area contributed by atoms with E-state index < -0.39 is 18.9 Å². The summed E-state index contributed by atoms with van der Waals surface area (Å²) in [6, 6.07) is 1.43. The zero-order valence-electron chi connectivity index (χ0n) is 9.36. The predicted molar refractivity (Wildman–Crippen MR) is 64.0 cm³/mol. The van der Waals surface area contributed by atoms with Gasteiger partial charge in [0.1, 0.15) is 0 Å². The van der Waals surface area contributed by atoms with E-state index in [9.17, 15) is 17.6 Å². The monoisotopic (exact) mass is 301 g/mol. The number of nitrogens with one attached hydrogen (secondary N) is 1. The van der Waals surface area contributed by atoms with Crippen molar-refractivity contribution in [1.29, 1.82) is 0 Å². The van der Waals surface area contributed by atoms with Gasteiger partial charge in [0.15, 0.2) is 0 Å². The lowest BCUT2D eigenvalue weighted by Crippen LogP contribution is -2.40. The fourth-order valence-corrected chi connectivity index (χ4v) is 3.45. The van der Waals surface area contributed by atoms with Crippen molar-refractivity contribution in [1.82, 2.24) is 5.32 Å². The quantitative estimate of drug-likeness (QED) is 0.819. The van der Waals surface area contributed by atoms with E-state index in [0.717, 1.165) is 23.3 Å². The Hall–Kier alpha value is -0.330. The van der Waals surface area contributed by atoms with Crippen LogP contribution in [0.15, 0.2) is 6.07 Å². The topological polar surface area (TPSA) is 12.0 Å². The number of hydrogen-bond donors (Lipinski definition) is 1. The lowest BCUT2D eigenvalue weighted by Gasteiger charge is -2.26. The van der Waals surface area contributed by atoms with E-state index in [-0.39, 0.29) is 6.04 Å². The molecule has 0 spiro atoms. The Morgan fingerprint density at radius 1 is 1.50 bits per heavy atom. The molecule has 1 nitrogen and oxygen atoms in total. The molecule has 0 amide bonds. The van der Waals surface area contributed by atoms with Gasteiger partial charge in [-0.1, -0.05) is 11.6 Å². The number of rotatable bonds is 4. The van der Waals surface area contributed by atoms with Crippen LogP contribution in [0.25, 0.3) is 0 Å². The van der Waals surface area contributed by atoms with Gasteiger partial charge in [-0.2, -0.15) is 8.78 Å². The normalized spacial score (nSPS) is 20.2. The molecule has 1 aromatic rings. The molecule has 0 saturated heterocycles. The maximum absolute atomic E-state index is 12.8. The zero-order chi connectivity index (χ0) is 13.3. The highest BCUT2D eigenvalue weighted by molar-refractivity contribution is 7.16. The van der Waals surface area contributed by atoms with Crippen molar-refractivity contribution >= 4 is 22.9 Å². The molecule has 18 heavy (non-hydrogen) atoms. The van der Waals surface area contributed by atoms with E-state index in [0.29, 0.717) is 10.8 Å². The molecule has 7 heteroatoms. The van der Waals surface area contributed by atoms with Crippen LogP contribution in [-0.2, 0) is 6.42 Å². The molecule has 1 atom stereocenters. The molecule has 0 aliphatic heterocycles. The molecule has 0 fully saturated rings. The maximum Gasteiger partial charge on any atom is 0.319 e. The number of thiophene rings is 1. The van der Waals surface area contributed by atoms with E-state index in [1.165, 1.54) is 11.3 Å². The summed E-state index contributed by atoms with van der Waals surface area (Å²) in [4.78, 5) is 1.06. The Bertz CT molecular complexity index is 421. The summed E-state index contributed by atoms with van der Waals surface area (Å²) in [5, 5.41) is 2.53. The average Bonchev–Trinajstić information content (AvgIpc) is 2.66. The van der Waals surface area contributed by atoms with Crippen LogP contribution >= 0.6 is 22.9 Å². The molecule has 0 bridgehead atoms. The second-order valence-electron chi connectivity index (χ2n) is 4.32. The predicted octanol–water partition coefficient (Wildman–Crippen LogP) is 4.27. The van der Waals surface area contributed by atoms with Gasteiger partial charge < -0.3 is 5.32 Å². The number of fused-ring (bicyclic) bond motifs is 1. The third-order valence-electron chi connectivity index (χ3n) is 2.99. The van der Waals surface area contributed by atoms with E-state index >= 15 is 0 Å². The third kappa shape index (κ3) is 2.97. The van der Waals surface area contributed by atoms with Gasteiger partial charge in [0, 0.05) is 10.9 Å². The van der Waals surface area contributed by atoms with Crippen LogP contribution in [0.2, 0.25) is 4.34 Å². The standard InChI is InChI=1S/C11H12ClF4NS/c12-9-4-6-7(2-1-3-8(6)18-9)17-5-11(15,16)10(13)14/h4,7,10,17H,1-3,5H2. The summed E-state index contributed by atoms with van der Waals surface area (Å²) in [6.45, 7) is -1.01. The molecule has 0 aromatic carbocycles. The molecule has 2 rings (SSSR count). The summed E-state index contributed by atoms with van der Waals surface area (Å²) in [5.41, 5.74) is 0.876. The lowest BCUT2D eigenvalue weighted by molar-refractivity contribution is -0.126. The molecule has 1 N–H and O–H groups in total. The van der Waals surface area contributed by atoms with Crippen molar-refractivity contribution in [3.63, 3.8) is 0 Å². The van der Waals surface area contributed by atoms with Crippen molar-refractivity contribution < 1.29 is 17.6 Å². The molecular formula is C11H12ClF4NS. The zero-order valence-corrected chi connectivity index (χ0v) is 10.9. The average molecular weight is 302 g/mol. The van der Waals surface area contributed by atoms with Crippen LogP contribution in [0.1, 0.15) is 29.3 Å². The number of halogens is 5. The second-order valence-corrected chi connectivity index (χ2v) is 6.08. The Balaban J connectivity index is 2.03. The Labute approximate surface area is 111 Å². The number of aryl methyl sites for hydroxylation is 1. The van der Waals surface area contributed by atoms with Gasteiger partial charge >= 0.3 is 12.3 Å². The summed E-state index contributed by atoms with van der Waals surface area (Å²) < 4.78 is 50.4. The van der Waals surface area contributed by atoms with Gasteiger partial charge in [-0.3, -0.25) is 0 Å². The highest BCUT2D eigenvalue weighted by Crippen LogP contribution is 2.38. The molecule has 0 radical (unpaired) electrons. The van der Waals surface area contributed by atoms with Gasteiger partial charge in [0.2, 0.25) is 0 Å². The molecule has 1 heterocycles. The smallest absolute Gasteiger partial charge is 0.304 e. The van der Waals surface area contributed by atoms with Crippen LogP contribution in [0, 0.1) is 0 Å². The van der Waals surface area contributed by atoms with Crippen molar-refractivity contribution in [2.75, 3.05) is 6.54 Å². The maximum atomic E-state index is 12.8. The van der Waals surface area contributed by atoms with Crippen LogP contribution in [0.5, 0.6) is 0 Å². The SMILES string of the molecule is FC(F)C(F)(F)CNC1CCCc2sc(Cl)cc21. The summed E-state index contributed by atoms with van der Waals surface area (Å²) in [6.07, 6.45) is -1.25. The first-order valence-corrected chi connectivity index (χ1v) is 6.77. The van der Waals surface area contributed by atoms with E-state index in [2.05, 4.69) is 5.32 Å². The lowest BCUT2D eigenvalue weighted by atomic mass is 9.94. The molecular weight excluding hydrogens is 290 g/mol. The van der Waals surface area contributed by atoms with Gasteiger partial charge in [0.25, 0.3) is 0 Å². The van der Waals surface area contributed by atoms with Gasteiger partial charge in [-0.25, -0.2) is 8.78 Å². The highest BCUT2D eigenvalue weighted by atomic mass is 35.5. The Morgan fingerprint density at radius 2 is 2.22 bits per heavy atom. The Morgan fingerprint density at radius 3 is 2.89 bits per heavy atom. The molecule has 1 aliphatic rings. The largest absolute Gasteiger partial charge is 0.319 e. The summed E-state index contributed by atoms with van der Waals surface area (Å²) in [7, 11) is 0. The van der Waals surface area contributed by atoms with Gasteiger partial charge in [0.05, 0.1) is 10.9 Å². The Kier molecular flexibility index (Phi) is 4.18. The summed E-state index contributed by atoms with van der Waals surface area (Å²) in [5.74, 6) is -3.99. The van der Waals surface area contributed by atoms with E-state index in [4.69, 9.17) is 11.6 Å². The van der Waals surface area contributed by atoms with Crippen LogP contribution in [0.4, 0.5) is 17.6 Å². The minimum absolute atomic E-state index is 0.304. The van der Waals surface area contributed by atoms with Gasteiger partial charge in [-0.15, -0.1) is 11.3 Å². The minimum atomic E-state index is -3.99. The van der Waals surface area contributed by atoms with Crippen LogP contribution < -0.4 is 5.32 Å². The summed E-state index contributed by atoms with van der Waals surface area (Å²) >= 11 is 7.30. The fraction of sp³-hybridized carbons (Fsp3) is 0.636. The minimum Gasteiger partial charge on any atom is -0.304 e. The highest BCUT2D eigenvalue weighted by Gasteiger charge is 2.41. The van der Waals surface area contributed by atoms with Gasteiger partial charge in [-0.05, 0) is 30.9 Å². The molecule has 1 unspecified atom stereocenters. The van der Waals surface area contributed by atoms with Crippen LogP contribution in [0.3, 0.4) is 0 Å². The molecule has 102 valence electrons.